The van der Waals surface area contributed by atoms with Gasteiger partial charge in [-0.3, -0.25) is 9.59 Å². The number of rotatable bonds is 2. The molecule has 0 saturated heterocycles. The summed E-state index contributed by atoms with van der Waals surface area (Å²) in [5.74, 6) is 6.30. The molecule has 0 aliphatic heterocycles. The minimum absolute atomic E-state index is 0.0194. The molecule has 0 heterocycles. The molecular formula is C39H58O5. The van der Waals surface area contributed by atoms with E-state index in [0.29, 0.717) is 57.9 Å². The number of fused-ring (bicyclic) bond motifs is 10. The van der Waals surface area contributed by atoms with Gasteiger partial charge in [-0.1, -0.05) is 27.7 Å². The van der Waals surface area contributed by atoms with E-state index in [0.717, 1.165) is 88.9 Å². The summed E-state index contributed by atoms with van der Waals surface area (Å²) < 4.78 is 12.2. The Labute approximate surface area is 265 Å². The first-order chi connectivity index (χ1) is 21.0. The first kappa shape index (κ1) is 30.0. The standard InChI is InChI=1S/C39H58O5/c1-36-17-13-25(21-23(36)5-7-27-29-9-11-33(40)38(29,3)19-15-31(27)36)43-35(42)44-26-14-18-37(2)24(22-26)6-8-28-30-10-12-34(41)39(30,4)20-16-32(28)37/h23-32H,5-22H2,1-4H3/t23?,24?,25-,26-,27-,28-,29-,30-,31-,32-,36-,37-,38-,39-/m0/s1. The van der Waals surface area contributed by atoms with Crippen molar-refractivity contribution in [3.63, 3.8) is 0 Å². The van der Waals surface area contributed by atoms with Crippen LogP contribution in [-0.2, 0) is 19.1 Å². The van der Waals surface area contributed by atoms with Gasteiger partial charge < -0.3 is 9.47 Å². The van der Waals surface area contributed by atoms with Crippen LogP contribution in [0.5, 0.6) is 0 Å². The van der Waals surface area contributed by atoms with Gasteiger partial charge in [0.2, 0.25) is 0 Å². The molecule has 14 atom stereocenters. The summed E-state index contributed by atoms with van der Waals surface area (Å²) in [6.07, 6.45) is 18.9. The second-order valence-electron chi connectivity index (χ2n) is 18.4. The van der Waals surface area contributed by atoms with Gasteiger partial charge in [0.1, 0.15) is 23.8 Å². The normalized spacial score (nSPS) is 54.6. The Hall–Kier alpha value is -1.39. The first-order valence-corrected chi connectivity index (χ1v) is 18.9. The molecule has 8 aliphatic rings. The lowest BCUT2D eigenvalue weighted by atomic mass is 9.45. The summed E-state index contributed by atoms with van der Waals surface area (Å²) in [5, 5.41) is 0. The van der Waals surface area contributed by atoms with E-state index in [4.69, 9.17) is 9.47 Å². The van der Waals surface area contributed by atoms with Gasteiger partial charge in [0.25, 0.3) is 0 Å². The molecule has 0 aromatic heterocycles. The molecule has 8 rings (SSSR count). The van der Waals surface area contributed by atoms with Gasteiger partial charge in [-0.2, -0.15) is 0 Å². The third kappa shape index (κ3) is 4.24. The fourth-order valence-corrected chi connectivity index (χ4v) is 14.5. The zero-order chi connectivity index (χ0) is 30.6. The monoisotopic (exact) mass is 606 g/mol. The van der Waals surface area contributed by atoms with Crippen LogP contribution >= 0.6 is 0 Å². The highest BCUT2D eigenvalue weighted by molar-refractivity contribution is 5.87. The molecule has 0 radical (unpaired) electrons. The minimum Gasteiger partial charge on any atom is -0.431 e. The highest BCUT2D eigenvalue weighted by Crippen LogP contribution is 2.67. The van der Waals surface area contributed by atoms with E-state index >= 15 is 0 Å². The zero-order valence-corrected chi connectivity index (χ0v) is 28.0. The van der Waals surface area contributed by atoms with Crippen LogP contribution in [0.25, 0.3) is 0 Å². The summed E-state index contributed by atoms with van der Waals surface area (Å²) in [6.45, 7) is 9.62. The van der Waals surface area contributed by atoms with Crippen molar-refractivity contribution >= 4 is 17.7 Å². The second-order valence-corrected chi connectivity index (χ2v) is 18.4. The third-order valence-electron chi connectivity index (χ3n) is 17.2. The van der Waals surface area contributed by atoms with Crippen LogP contribution < -0.4 is 0 Å². The van der Waals surface area contributed by atoms with Gasteiger partial charge in [0.15, 0.2) is 0 Å². The maximum absolute atomic E-state index is 13.2. The summed E-state index contributed by atoms with van der Waals surface area (Å²) in [6, 6.07) is 0. The van der Waals surface area contributed by atoms with Crippen LogP contribution in [0, 0.1) is 69.0 Å². The van der Waals surface area contributed by atoms with Gasteiger partial charge >= 0.3 is 6.16 Å². The number of ketones is 2. The quantitative estimate of drug-likeness (QED) is 0.293. The molecule has 0 bridgehead atoms. The van der Waals surface area contributed by atoms with E-state index in [-0.39, 0.29) is 23.0 Å². The van der Waals surface area contributed by atoms with Gasteiger partial charge in [-0.25, -0.2) is 4.79 Å². The lowest BCUT2D eigenvalue weighted by Gasteiger charge is -2.60. The Kier molecular flexibility index (Phi) is 7.02. The van der Waals surface area contributed by atoms with Crippen molar-refractivity contribution in [3.05, 3.63) is 0 Å². The van der Waals surface area contributed by atoms with E-state index in [1.165, 1.54) is 38.5 Å². The molecule has 8 aliphatic carbocycles. The summed E-state index contributed by atoms with van der Waals surface area (Å²) in [4.78, 5) is 38.8. The fraction of sp³-hybridized carbons (Fsp3) is 0.923. The number of ether oxygens (including phenoxy) is 2. The van der Waals surface area contributed by atoms with Crippen molar-refractivity contribution in [3.8, 4) is 0 Å². The summed E-state index contributed by atoms with van der Waals surface area (Å²) in [5.41, 5.74) is 0.514. The number of hydrogen-bond donors (Lipinski definition) is 0. The lowest BCUT2D eigenvalue weighted by Crippen LogP contribution is -2.54. The number of Topliss-reactive ketones (excluding diaryl/α,β-unsaturated/α-hetero) is 2. The van der Waals surface area contributed by atoms with Gasteiger partial charge in [0, 0.05) is 23.7 Å². The molecule has 0 spiro atoms. The molecule has 244 valence electrons. The predicted molar refractivity (Wildman–Crippen MR) is 169 cm³/mol. The van der Waals surface area contributed by atoms with Crippen molar-refractivity contribution < 1.29 is 23.9 Å². The summed E-state index contributed by atoms with van der Waals surface area (Å²) >= 11 is 0. The molecule has 5 heteroatoms. The smallest absolute Gasteiger partial charge is 0.431 e. The van der Waals surface area contributed by atoms with Crippen LogP contribution in [0.1, 0.15) is 143 Å². The SMILES string of the molecule is C[C@]12CC[C@H](OC(=O)O[C@H]3CC[C@@]4(C)C(CC[C@@H]5[C@@H]4CC[C@]4(C)C(=O)CC[C@@H]54)C3)CC1CC[C@@H]1[C@@H]2CC[C@]2(C)C(=O)CC[C@@H]12. The molecular weight excluding hydrogens is 548 g/mol. The van der Waals surface area contributed by atoms with Crippen molar-refractivity contribution in [2.45, 2.75) is 155 Å². The number of hydrogen-bond acceptors (Lipinski definition) is 5. The fourth-order valence-electron chi connectivity index (χ4n) is 14.5. The average Bonchev–Trinajstić information content (AvgIpc) is 3.47. The van der Waals surface area contributed by atoms with Crippen molar-refractivity contribution in [2.24, 2.45) is 69.0 Å². The van der Waals surface area contributed by atoms with Gasteiger partial charge in [0.05, 0.1) is 0 Å². The molecule has 44 heavy (non-hydrogen) atoms. The van der Waals surface area contributed by atoms with Crippen LogP contribution in [-0.4, -0.2) is 29.9 Å². The Bertz CT molecular complexity index is 1120. The van der Waals surface area contributed by atoms with E-state index in [2.05, 4.69) is 27.7 Å². The Morgan fingerprint density at radius 2 is 0.977 bits per heavy atom. The Morgan fingerprint density at radius 3 is 1.41 bits per heavy atom. The lowest BCUT2D eigenvalue weighted by molar-refractivity contribution is -0.147. The number of carbonyl (C=O) groups excluding carboxylic acids is 3. The Morgan fingerprint density at radius 1 is 0.545 bits per heavy atom. The largest absolute Gasteiger partial charge is 0.508 e. The van der Waals surface area contributed by atoms with Crippen LogP contribution in [0.2, 0.25) is 0 Å². The molecule has 8 saturated carbocycles. The first-order valence-electron chi connectivity index (χ1n) is 18.9. The van der Waals surface area contributed by atoms with Crippen molar-refractivity contribution in [1.29, 1.82) is 0 Å². The summed E-state index contributed by atoms with van der Waals surface area (Å²) in [7, 11) is 0. The van der Waals surface area contributed by atoms with E-state index in [1.807, 2.05) is 0 Å². The van der Waals surface area contributed by atoms with Gasteiger partial charge in [-0.15, -0.1) is 0 Å². The topological polar surface area (TPSA) is 69.7 Å². The minimum atomic E-state index is -0.426. The number of carbonyl (C=O) groups is 3. The third-order valence-corrected chi connectivity index (χ3v) is 17.2. The van der Waals surface area contributed by atoms with Crippen LogP contribution in [0.15, 0.2) is 0 Å². The van der Waals surface area contributed by atoms with Crippen LogP contribution in [0.4, 0.5) is 4.79 Å². The zero-order valence-electron chi connectivity index (χ0n) is 28.0. The van der Waals surface area contributed by atoms with E-state index in [9.17, 15) is 14.4 Å². The highest BCUT2D eigenvalue weighted by Gasteiger charge is 2.62. The molecule has 5 nitrogen and oxygen atoms in total. The molecule has 2 unspecified atom stereocenters. The Balaban J connectivity index is 0.856. The molecule has 0 amide bonds. The van der Waals surface area contributed by atoms with Crippen molar-refractivity contribution in [1.82, 2.24) is 0 Å². The van der Waals surface area contributed by atoms with E-state index < -0.39 is 6.16 Å². The molecule has 0 aromatic carbocycles. The molecule has 8 fully saturated rings. The second kappa shape index (κ2) is 10.3. The molecule has 0 N–H and O–H groups in total. The molecule has 0 aromatic rings. The van der Waals surface area contributed by atoms with Crippen molar-refractivity contribution in [2.75, 3.05) is 0 Å². The maximum atomic E-state index is 13.2. The van der Waals surface area contributed by atoms with Crippen LogP contribution in [0.3, 0.4) is 0 Å². The average molecular weight is 607 g/mol. The van der Waals surface area contributed by atoms with E-state index in [1.54, 1.807) is 0 Å². The van der Waals surface area contributed by atoms with Gasteiger partial charge in [-0.05, 0) is 161 Å². The predicted octanol–water partition coefficient (Wildman–Crippen LogP) is 9.10. The maximum Gasteiger partial charge on any atom is 0.508 e. The highest BCUT2D eigenvalue weighted by atomic mass is 16.7.